The van der Waals surface area contributed by atoms with Crippen molar-refractivity contribution in [1.29, 1.82) is 0 Å². The maximum absolute atomic E-state index is 12.1. The Kier molecular flexibility index (Phi) is 5.69. The van der Waals surface area contributed by atoms with Crippen molar-refractivity contribution in [2.24, 2.45) is 0 Å². The van der Waals surface area contributed by atoms with E-state index in [4.69, 9.17) is 10.8 Å². The summed E-state index contributed by atoms with van der Waals surface area (Å²) in [7, 11) is 3.87. The quantitative estimate of drug-likeness (QED) is 0.615. The maximum atomic E-state index is 12.1. The van der Waals surface area contributed by atoms with Gasteiger partial charge in [0.2, 0.25) is 11.9 Å². The fourth-order valence-electron chi connectivity index (χ4n) is 2.36. The number of likely N-dealkylation sites (N-methyl/N-ethyl adjacent to an activating group) is 1. The number of nitrogens with one attached hydrogen (secondary N) is 1. The number of rotatable bonds is 6. The highest BCUT2D eigenvalue weighted by Gasteiger charge is 2.25. The highest BCUT2D eigenvalue weighted by Crippen LogP contribution is 2.16. The van der Waals surface area contributed by atoms with Crippen LogP contribution in [0.15, 0.2) is 18.3 Å². The first-order valence-corrected chi connectivity index (χ1v) is 7.59. The number of amides is 1. The van der Waals surface area contributed by atoms with E-state index in [9.17, 15) is 9.59 Å². The molecule has 1 aliphatic rings. The van der Waals surface area contributed by atoms with Crippen molar-refractivity contribution in [3.05, 3.63) is 23.9 Å². The zero-order valence-corrected chi connectivity index (χ0v) is 13.8. The number of aromatic carboxylic acids is 1. The lowest BCUT2D eigenvalue weighted by Gasteiger charge is -2.15. The lowest BCUT2D eigenvalue weighted by molar-refractivity contribution is -0.125. The van der Waals surface area contributed by atoms with Crippen LogP contribution in [-0.4, -0.2) is 76.5 Å². The summed E-state index contributed by atoms with van der Waals surface area (Å²) in [5, 5.41) is 12.0. The van der Waals surface area contributed by atoms with Crippen molar-refractivity contribution in [3.8, 4) is 0 Å². The summed E-state index contributed by atoms with van der Waals surface area (Å²) >= 11 is 0. The highest BCUT2D eigenvalue weighted by atomic mass is 16.4. The summed E-state index contributed by atoms with van der Waals surface area (Å²) in [4.78, 5) is 34.6. The minimum atomic E-state index is -1.17. The van der Waals surface area contributed by atoms with Crippen LogP contribution in [0.25, 0.3) is 0 Å². The maximum Gasteiger partial charge on any atom is 0.341 e. The number of nitrogens with zero attached hydrogens (tertiary/aromatic N) is 4. The number of carbonyl (C=O) groups excluding carboxylic acids is 1. The van der Waals surface area contributed by atoms with Crippen molar-refractivity contribution in [1.82, 2.24) is 19.8 Å². The Labute approximate surface area is 140 Å². The van der Waals surface area contributed by atoms with Crippen LogP contribution in [0.3, 0.4) is 0 Å². The number of anilines is 2. The van der Waals surface area contributed by atoms with Crippen LogP contribution in [0.2, 0.25) is 0 Å². The minimum absolute atomic E-state index is 0.00581. The number of aromatic nitrogens is 2. The Bertz CT molecular complexity index is 646. The van der Waals surface area contributed by atoms with Gasteiger partial charge in [-0.05, 0) is 20.5 Å². The number of likely N-dealkylation sites (tertiary alicyclic amines) is 1. The molecule has 24 heavy (non-hydrogen) atoms. The Balaban J connectivity index is 1.90. The van der Waals surface area contributed by atoms with Crippen molar-refractivity contribution in [2.45, 2.75) is 12.5 Å². The predicted octanol–water partition coefficient (Wildman–Crippen LogP) is -0.112. The molecule has 1 aromatic heterocycles. The lowest BCUT2D eigenvalue weighted by atomic mass is 10.3. The number of carboxylic acids is 1. The molecule has 0 aliphatic carbocycles. The summed E-state index contributed by atoms with van der Waals surface area (Å²) in [6.45, 7) is 1.89. The number of hydrogen-bond donors (Lipinski definition) is 3. The zero-order valence-electron chi connectivity index (χ0n) is 13.8. The van der Waals surface area contributed by atoms with Crippen LogP contribution in [0, 0.1) is 0 Å². The minimum Gasteiger partial charge on any atom is -0.477 e. The van der Waals surface area contributed by atoms with Gasteiger partial charge in [-0.3, -0.25) is 4.79 Å². The molecule has 1 aliphatic heterocycles. The molecule has 1 atom stereocenters. The van der Waals surface area contributed by atoms with Gasteiger partial charge in [-0.25, -0.2) is 9.78 Å². The first-order valence-electron chi connectivity index (χ1n) is 7.59. The first-order chi connectivity index (χ1) is 11.4. The molecule has 1 amide bonds. The standard InChI is InChI=1S/C15H22N6O3/c1-20(2)6-3-4-12(22)21-7-5-10(9-21)18-15-17-8-11(14(23)24)13(16)19-15/h3-4,8,10H,5-7,9H2,1-2H3,(H,23,24)(H3,16,17,18,19). The van der Waals surface area contributed by atoms with Crippen molar-refractivity contribution >= 4 is 23.6 Å². The molecule has 0 aromatic carbocycles. The van der Waals surface area contributed by atoms with E-state index in [0.717, 1.165) is 6.42 Å². The van der Waals surface area contributed by atoms with Gasteiger partial charge in [0.1, 0.15) is 11.4 Å². The number of nitrogen functional groups attached to an aromatic ring is 1. The molecule has 9 nitrogen and oxygen atoms in total. The molecule has 130 valence electrons. The fraction of sp³-hybridized carbons (Fsp3) is 0.467. The monoisotopic (exact) mass is 334 g/mol. The third kappa shape index (κ3) is 4.66. The molecule has 2 heterocycles. The zero-order chi connectivity index (χ0) is 17.7. The van der Waals surface area contributed by atoms with Crippen molar-refractivity contribution < 1.29 is 14.7 Å². The largest absolute Gasteiger partial charge is 0.477 e. The molecule has 0 bridgehead atoms. The van der Waals surface area contributed by atoms with Gasteiger partial charge in [-0.1, -0.05) is 6.08 Å². The van der Waals surface area contributed by atoms with Crippen LogP contribution in [0.5, 0.6) is 0 Å². The molecule has 0 saturated carbocycles. The molecule has 9 heteroatoms. The van der Waals surface area contributed by atoms with Gasteiger partial charge >= 0.3 is 5.97 Å². The number of nitrogens with two attached hydrogens (primary N) is 1. The van der Waals surface area contributed by atoms with Crippen LogP contribution in [-0.2, 0) is 4.79 Å². The molecule has 2 rings (SSSR count). The Morgan fingerprint density at radius 2 is 2.29 bits per heavy atom. The smallest absolute Gasteiger partial charge is 0.341 e. The highest BCUT2D eigenvalue weighted by molar-refractivity contribution is 5.92. The van der Waals surface area contributed by atoms with Gasteiger partial charge in [-0.2, -0.15) is 4.98 Å². The van der Waals surface area contributed by atoms with Gasteiger partial charge in [-0.15, -0.1) is 0 Å². The molecular weight excluding hydrogens is 312 g/mol. The van der Waals surface area contributed by atoms with Crippen LogP contribution in [0.4, 0.5) is 11.8 Å². The van der Waals surface area contributed by atoms with E-state index in [1.54, 1.807) is 11.0 Å². The van der Waals surface area contributed by atoms with E-state index in [1.807, 2.05) is 25.1 Å². The molecule has 0 spiro atoms. The lowest BCUT2D eigenvalue weighted by Crippen LogP contribution is -2.31. The number of carboxylic acid groups (broad SMARTS) is 1. The van der Waals surface area contributed by atoms with Gasteiger partial charge in [0.25, 0.3) is 0 Å². The van der Waals surface area contributed by atoms with Crippen molar-refractivity contribution in [3.63, 3.8) is 0 Å². The number of hydrogen-bond acceptors (Lipinski definition) is 7. The molecule has 1 unspecified atom stereocenters. The van der Waals surface area contributed by atoms with E-state index in [2.05, 4.69) is 15.3 Å². The molecule has 0 radical (unpaired) electrons. The Morgan fingerprint density at radius 1 is 1.54 bits per heavy atom. The SMILES string of the molecule is CN(C)CC=CC(=O)N1CCC(Nc2ncc(C(=O)O)c(N)n2)C1. The van der Waals surface area contributed by atoms with E-state index in [1.165, 1.54) is 6.20 Å². The second-order valence-electron chi connectivity index (χ2n) is 5.88. The third-order valence-electron chi connectivity index (χ3n) is 3.61. The third-order valence-corrected chi connectivity index (χ3v) is 3.61. The molecule has 1 saturated heterocycles. The summed E-state index contributed by atoms with van der Waals surface area (Å²) < 4.78 is 0. The summed E-state index contributed by atoms with van der Waals surface area (Å²) in [5.41, 5.74) is 5.47. The van der Waals surface area contributed by atoms with Crippen LogP contribution in [0.1, 0.15) is 16.8 Å². The van der Waals surface area contributed by atoms with Crippen molar-refractivity contribution in [2.75, 3.05) is 44.8 Å². The first kappa shape index (κ1) is 17.7. The molecule has 1 fully saturated rings. The molecular formula is C15H22N6O3. The fourth-order valence-corrected chi connectivity index (χ4v) is 2.36. The van der Waals surface area contributed by atoms with E-state index in [-0.39, 0.29) is 29.3 Å². The summed E-state index contributed by atoms with van der Waals surface area (Å²) in [5.74, 6) is -1.01. The number of carbonyl (C=O) groups is 2. The van der Waals surface area contributed by atoms with E-state index in [0.29, 0.717) is 19.6 Å². The van der Waals surface area contributed by atoms with E-state index < -0.39 is 5.97 Å². The second-order valence-corrected chi connectivity index (χ2v) is 5.88. The summed E-state index contributed by atoms with van der Waals surface area (Å²) in [6.07, 6.45) is 5.35. The van der Waals surface area contributed by atoms with Crippen LogP contribution < -0.4 is 11.1 Å². The predicted molar refractivity (Wildman–Crippen MR) is 89.7 cm³/mol. The van der Waals surface area contributed by atoms with Gasteiger partial charge in [0, 0.05) is 37.9 Å². The molecule has 1 aromatic rings. The van der Waals surface area contributed by atoms with E-state index >= 15 is 0 Å². The van der Waals surface area contributed by atoms with Gasteiger partial charge in [0.05, 0.1) is 0 Å². The topological polar surface area (TPSA) is 125 Å². The second kappa shape index (κ2) is 7.73. The van der Waals surface area contributed by atoms with Gasteiger partial charge < -0.3 is 26.0 Å². The van der Waals surface area contributed by atoms with Gasteiger partial charge in [0.15, 0.2) is 0 Å². The Hall–Kier alpha value is -2.68. The average Bonchev–Trinajstić information content (AvgIpc) is 2.95. The molecule has 4 N–H and O–H groups in total. The van der Waals surface area contributed by atoms with Crippen LogP contribution >= 0.6 is 0 Å². The average molecular weight is 334 g/mol. The normalized spacial score (nSPS) is 17.6. The Morgan fingerprint density at radius 3 is 2.92 bits per heavy atom. The summed E-state index contributed by atoms with van der Waals surface area (Å²) in [6, 6.07) is 0.00581.